The molecular formula is C34H53N4O+. The Morgan fingerprint density at radius 1 is 0.769 bits per heavy atom. The third-order valence-corrected chi connectivity index (χ3v) is 7.52. The van der Waals surface area contributed by atoms with E-state index in [1.165, 1.54) is 102 Å². The summed E-state index contributed by atoms with van der Waals surface area (Å²) in [5.41, 5.74) is 2.26. The topological polar surface area (TPSA) is 43.8 Å². The van der Waals surface area contributed by atoms with Gasteiger partial charge in [0.1, 0.15) is 18.1 Å². The number of aryl methyl sites for hydroxylation is 3. The van der Waals surface area contributed by atoms with E-state index in [-0.39, 0.29) is 0 Å². The summed E-state index contributed by atoms with van der Waals surface area (Å²) in [5, 5.41) is 0. The van der Waals surface area contributed by atoms with Crippen LogP contribution in [-0.2, 0) is 20.0 Å². The summed E-state index contributed by atoms with van der Waals surface area (Å²) >= 11 is 0. The van der Waals surface area contributed by atoms with Gasteiger partial charge in [-0.25, -0.2) is 19.1 Å². The second kappa shape index (κ2) is 19.4. The summed E-state index contributed by atoms with van der Waals surface area (Å²) in [7, 11) is 2.07. The van der Waals surface area contributed by atoms with Gasteiger partial charge in [-0.1, -0.05) is 96.1 Å². The van der Waals surface area contributed by atoms with E-state index in [9.17, 15) is 0 Å². The van der Waals surface area contributed by atoms with Crippen molar-refractivity contribution in [1.29, 1.82) is 0 Å². The van der Waals surface area contributed by atoms with Gasteiger partial charge in [0.25, 0.3) is 0 Å². The number of nitrogens with zero attached hydrogens (tertiary/aromatic N) is 4. The molecular weight excluding hydrogens is 480 g/mol. The first-order valence-corrected chi connectivity index (χ1v) is 15.8. The first kappa shape index (κ1) is 30.8. The summed E-state index contributed by atoms with van der Waals surface area (Å²) in [6, 6.07) is 8.21. The maximum Gasteiger partial charge on any atom is 0.243 e. The van der Waals surface area contributed by atoms with E-state index in [0.29, 0.717) is 0 Å². The highest BCUT2D eigenvalue weighted by Crippen LogP contribution is 2.21. The molecule has 0 saturated heterocycles. The van der Waals surface area contributed by atoms with Crippen LogP contribution in [0.1, 0.15) is 115 Å². The highest BCUT2D eigenvalue weighted by Gasteiger charge is 2.05. The summed E-state index contributed by atoms with van der Waals surface area (Å²) in [6.07, 6.45) is 32.6. The number of ether oxygens (including phenoxy) is 1. The minimum Gasteiger partial charge on any atom is -0.494 e. The van der Waals surface area contributed by atoms with Crippen molar-refractivity contribution in [3.05, 3.63) is 60.9 Å². The van der Waals surface area contributed by atoms with E-state index in [1.54, 1.807) is 0 Å². The molecule has 2 aromatic heterocycles. The first-order chi connectivity index (χ1) is 19.2. The van der Waals surface area contributed by atoms with Crippen molar-refractivity contribution in [2.75, 3.05) is 6.61 Å². The molecule has 5 heteroatoms. The molecule has 0 spiro atoms. The average Bonchev–Trinajstić information content (AvgIpc) is 3.38. The Bertz CT molecular complexity index is 1010. The van der Waals surface area contributed by atoms with Gasteiger partial charge >= 0.3 is 0 Å². The molecule has 0 saturated carbocycles. The maximum absolute atomic E-state index is 6.04. The third-order valence-electron chi connectivity index (χ3n) is 7.52. The van der Waals surface area contributed by atoms with E-state index >= 15 is 0 Å². The van der Waals surface area contributed by atoms with Crippen LogP contribution in [-0.4, -0.2) is 21.1 Å². The van der Waals surface area contributed by atoms with Crippen LogP contribution in [0.4, 0.5) is 0 Å². The molecule has 0 bridgehead atoms. The Hall–Kier alpha value is -2.69. The molecule has 3 rings (SSSR count). The fraction of sp³-hybridized carbons (Fsp3) is 0.618. The number of imidazole rings is 1. The van der Waals surface area contributed by atoms with Crippen molar-refractivity contribution in [3.63, 3.8) is 0 Å². The molecule has 214 valence electrons. The maximum atomic E-state index is 6.04. The predicted octanol–water partition coefficient (Wildman–Crippen LogP) is 8.65. The van der Waals surface area contributed by atoms with Crippen LogP contribution < -0.4 is 9.30 Å². The molecule has 0 radical (unpaired) electrons. The Labute approximate surface area is 238 Å². The zero-order chi connectivity index (χ0) is 27.4. The van der Waals surface area contributed by atoms with Crippen LogP contribution in [0.5, 0.6) is 5.75 Å². The zero-order valence-electron chi connectivity index (χ0n) is 24.8. The van der Waals surface area contributed by atoms with E-state index in [4.69, 9.17) is 4.74 Å². The summed E-state index contributed by atoms with van der Waals surface area (Å²) in [5.74, 6) is 1.69. The molecule has 0 aliphatic rings. The Morgan fingerprint density at radius 2 is 1.41 bits per heavy atom. The summed E-state index contributed by atoms with van der Waals surface area (Å²) in [4.78, 5) is 9.30. The zero-order valence-corrected chi connectivity index (χ0v) is 24.8. The Balaban J connectivity index is 1.23. The molecule has 0 unspecified atom stereocenters. The van der Waals surface area contributed by atoms with Gasteiger partial charge in [-0.15, -0.1) is 0 Å². The molecule has 3 aromatic rings. The number of unbranched alkanes of at least 4 members (excludes halogenated alkanes) is 14. The lowest BCUT2D eigenvalue weighted by molar-refractivity contribution is -0.671. The van der Waals surface area contributed by atoms with Crippen LogP contribution in [0.2, 0.25) is 0 Å². The van der Waals surface area contributed by atoms with Crippen LogP contribution in [0, 0.1) is 0 Å². The van der Waals surface area contributed by atoms with E-state index < -0.39 is 0 Å². The molecule has 0 aliphatic carbocycles. The fourth-order valence-corrected chi connectivity index (χ4v) is 5.10. The second-order valence-corrected chi connectivity index (χ2v) is 11.2. The minimum absolute atomic E-state index is 0.766. The predicted molar refractivity (Wildman–Crippen MR) is 162 cm³/mol. The van der Waals surface area contributed by atoms with Crippen molar-refractivity contribution < 1.29 is 9.30 Å². The van der Waals surface area contributed by atoms with Gasteiger partial charge in [-0.05, 0) is 49.8 Å². The smallest absolute Gasteiger partial charge is 0.243 e. The number of hydrogen-bond donors (Lipinski definition) is 0. The number of benzene rings is 1. The monoisotopic (exact) mass is 533 g/mol. The van der Waals surface area contributed by atoms with Crippen LogP contribution in [0.3, 0.4) is 0 Å². The highest BCUT2D eigenvalue weighted by molar-refractivity contribution is 5.57. The fourth-order valence-electron chi connectivity index (χ4n) is 5.10. The van der Waals surface area contributed by atoms with E-state index in [2.05, 4.69) is 63.9 Å². The lowest BCUT2D eigenvalue weighted by Crippen LogP contribution is -2.23. The van der Waals surface area contributed by atoms with Gasteiger partial charge in [0.05, 0.1) is 20.2 Å². The van der Waals surface area contributed by atoms with Crippen LogP contribution in [0.15, 0.2) is 55.4 Å². The number of hydrogen-bond acceptors (Lipinski definition) is 3. The molecule has 1 aromatic carbocycles. The first-order valence-electron chi connectivity index (χ1n) is 15.8. The standard InChI is InChI=1S/C34H53N4O/c1-3-4-5-6-7-8-9-10-13-16-20-31-28-35-34(36-29-31)32-21-19-22-33(27-32)39-26-18-15-12-11-14-17-23-38-25-24-37(2)30-38/h19,21-22,24-25,27-30H,3-18,20,23,26H2,1-2H3/q+1. The summed E-state index contributed by atoms with van der Waals surface area (Å²) in [6.45, 7) is 4.17. The van der Waals surface area contributed by atoms with Gasteiger partial charge in [-0.3, -0.25) is 0 Å². The van der Waals surface area contributed by atoms with Gasteiger partial charge in [0.2, 0.25) is 6.33 Å². The molecule has 2 heterocycles. The van der Waals surface area contributed by atoms with Crippen molar-refractivity contribution in [3.8, 4) is 17.1 Å². The quantitative estimate of drug-likeness (QED) is 0.0958. The highest BCUT2D eigenvalue weighted by atomic mass is 16.5. The van der Waals surface area contributed by atoms with Gasteiger partial charge < -0.3 is 4.74 Å². The van der Waals surface area contributed by atoms with E-state index in [0.717, 1.165) is 43.1 Å². The van der Waals surface area contributed by atoms with Crippen LogP contribution in [0.25, 0.3) is 11.4 Å². The lowest BCUT2D eigenvalue weighted by Gasteiger charge is -2.08. The molecule has 0 atom stereocenters. The van der Waals surface area contributed by atoms with Gasteiger partial charge in [-0.2, -0.15) is 0 Å². The normalized spacial score (nSPS) is 11.2. The third kappa shape index (κ3) is 13.3. The Morgan fingerprint density at radius 3 is 2.08 bits per heavy atom. The minimum atomic E-state index is 0.766. The number of aromatic nitrogens is 4. The van der Waals surface area contributed by atoms with Gasteiger partial charge in [0.15, 0.2) is 5.82 Å². The lowest BCUT2D eigenvalue weighted by atomic mass is 10.0. The largest absolute Gasteiger partial charge is 0.494 e. The molecule has 0 amide bonds. The molecule has 0 N–H and O–H groups in total. The van der Waals surface area contributed by atoms with E-state index in [1.807, 2.05) is 24.5 Å². The van der Waals surface area contributed by atoms with Crippen molar-refractivity contribution in [2.45, 2.75) is 123 Å². The SMILES string of the molecule is CCCCCCCCCCCCc1cnc(-c2cccc(OCCCCCCCCn3cc[n+](C)c3)c2)nc1. The molecule has 5 nitrogen and oxygen atoms in total. The average molecular weight is 534 g/mol. The van der Waals surface area contributed by atoms with Crippen molar-refractivity contribution in [2.24, 2.45) is 7.05 Å². The van der Waals surface area contributed by atoms with Gasteiger partial charge in [0, 0.05) is 18.0 Å². The molecule has 0 aliphatic heterocycles. The summed E-state index contributed by atoms with van der Waals surface area (Å²) < 4.78 is 10.4. The molecule has 39 heavy (non-hydrogen) atoms. The van der Waals surface area contributed by atoms with Crippen LogP contribution >= 0.6 is 0 Å². The second-order valence-electron chi connectivity index (χ2n) is 11.2. The van der Waals surface area contributed by atoms with Crippen molar-refractivity contribution in [1.82, 2.24) is 14.5 Å². The Kier molecular flexibility index (Phi) is 15.3. The number of rotatable bonds is 22. The molecule has 0 fully saturated rings. The van der Waals surface area contributed by atoms with Crippen molar-refractivity contribution >= 4 is 0 Å².